The average molecular weight is 292 g/mol. The smallest absolute Gasteiger partial charge is 0.118 e. The van der Waals surface area contributed by atoms with Crippen molar-refractivity contribution >= 4 is 32.8 Å². The van der Waals surface area contributed by atoms with Gasteiger partial charge in [0.15, 0.2) is 0 Å². The van der Waals surface area contributed by atoms with Gasteiger partial charge in [-0.05, 0) is 13.0 Å². The standard InChI is InChI=1S/C18H16N2S/c1-12-19-16(13-8-4-3-5-9-13)18-17(20(12)2)14-10-6-7-11-15(14)21-18/h3-12H,1-2H3. The maximum atomic E-state index is 4.92. The van der Waals surface area contributed by atoms with Crippen molar-refractivity contribution in [2.45, 2.75) is 13.1 Å². The first-order valence-corrected chi connectivity index (χ1v) is 7.95. The largest absolute Gasteiger partial charge is 0.351 e. The second-order valence-electron chi connectivity index (χ2n) is 5.36. The van der Waals surface area contributed by atoms with E-state index in [1.165, 1.54) is 26.2 Å². The van der Waals surface area contributed by atoms with Crippen LogP contribution in [0.2, 0.25) is 0 Å². The predicted molar refractivity (Wildman–Crippen MR) is 91.8 cm³/mol. The summed E-state index contributed by atoms with van der Waals surface area (Å²) in [6.45, 7) is 2.15. The van der Waals surface area contributed by atoms with Crippen LogP contribution in [0.3, 0.4) is 0 Å². The quantitative estimate of drug-likeness (QED) is 0.643. The molecule has 0 amide bonds. The van der Waals surface area contributed by atoms with E-state index in [2.05, 4.69) is 67.4 Å². The molecule has 1 aliphatic rings. The van der Waals surface area contributed by atoms with E-state index < -0.39 is 0 Å². The van der Waals surface area contributed by atoms with E-state index in [9.17, 15) is 0 Å². The highest BCUT2D eigenvalue weighted by Crippen LogP contribution is 2.42. The van der Waals surface area contributed by atoms with E-state index in [4.69, 9.17) is 4.99 Å². The maximum Gasteiger partial charge on any atom is 0.118 e. The fourth-order valence-electron chi connectivity index (χ4n) is 2.86. The molecule has 21 heavy (non-hydrogen) atoms. The summed E-state index contributed by atoms with van der Waals surface area (Å²) in [5.74, 6) is 0. The Bertz CT molecular complexity index is 833. The molecule has 3 aromatic rings. The van der Waals surface area contributed by atoms with Gasteiger partial charge < -0.3 is 4.90 Å². The number of hydrogen-bond donors (Lipinski definition) is 0. The SMILES string of the molecule is CC1N=C(c2ccccc2)c2sc3ccccc3c2N1C. The van der Waals surface area contributed by atoms with Crippen LogP contribution in [0, 0.1) is 0 Å². The summed E-state index contributed by atoms with van der Waals surface area (Å²) in [4.78, 5) is 8.48. The number of benzene rings is 2. The first-order chi connectivity index (χ1) is 10.3. The van der Waals surface area contributed by atoms with Crippen LogP contribution in [-0.2, 0) is 0 Å². The topological polar surface area (TPSA) is 15.6 Å². The fraction of sp³-hybridized carbons (Fsp3) is 0.167. The molecule has 0 saturated carbocycles. The molecule has 2 aromatic carbocycles. The van der Waals surface area contributed by atoms with Crippen molar-refractivity contribution in [3.8, 4) is 0 Å². The zero-order valence-corrected chi connectivity index (χ0v) is 12.9. The molecule has 1 aromatic heterocycles. The first kappa shape index (κ1) is 12.6. The highest BCUT2D eigenvalue weighted by Gasteiger charge is 2.27. The van der Waals surface area contributed by atoms with Gasteiger partial charge in [-0.1, -0.05) is 48.5 Å². The zero-order chi connectivity index (χ0) is 14.4. The summed E-state index contributed by atoms with van der Waals surface area (Å²) >= 11 is 1.84. The normalized spacial score (nSPS) is 17.7. The Balaban J connectivity index is 2.01. The molecule has 2 nitrogen and oxygen atoms in total. The third-order valence-electron chi connectivity index (χ3n) is 4.06. The lowest BCUT2D eigenvalue weighted by atomic mass is 10.0. The van der Waals surface area contributed by atoms with E-state index in [0.29, 0.717) is 0 Å². The summed E-state index contributed by atoms with van der Waals surface area (Å²) in [5, 5.41) is 1.33. The number of hydrogen-bond acceptors (Lipinski definition) is 3. The minimum atomic E-state index is 0.158. The van der Waals surface area contributed by atoms with Gasteiger partial charge in [0.2, 0.25) is 0 Å². The van der Waals surface area contributed by atoms with Crippen LogP contribution < -0.4 is 4.90 Å². The summed E-state index contributed by atoms with van der Waals surface area (Å²) in [6.07, 6.45) is 0.158. The third kappa shape index (κ3) is 1.88. The maximum absolute atomic E-state index is 4.92. The number of anilines is 1. The Labute approximate surface area is 128 Å². The molecule has 4 rings (SSSR count). The van der Waals surface area contributed by atoms with Crippen molar-refractivity contribution < 1.29 is 0 Å². The summed E-state index contributed by atoms with van der Waals surface area (Å²) in [7, 11) is 2.13. The van der Waals surface area contributed by atoms with E-state index in [1.807, 2.05) is 17.4 Å². The van der Waals surface area contributed by atoms with Crippen molar-refractivity contribution in [2.24, 2.45) is 4.99 Å². The predicted octanol–water partition coefficient (Wildman–Crippen LogP) is 4.53. The van der Waals surface area contributed by atoms with Crippen LogP contribution in [0.25, 0.3) is 10.1 Å². The minimum absolute atomic E-state index is 0.158. The van der Waals surface area contributed by atoms with Crippen molar-refractivity contribution in [1.29, 1.82) is 0 Å². The molecule has 0 aliphatic carbocycles. The molecule has 1 atom stereocenters. The molecule has 0 spiro atoms. The number of thiophene rings is 1. The van der Waals surface area contributed by atoms with Gasteiger partial charge >= 0.3 is 0 Å². The molecule has 1 aliphatic heterocycles. The van der Waals surface area contributed by atoms with Crippen molar-refractivity contribution in [3.63, 3.8) is 0 Å². The highest BCUT2D eigenvalue weighted by atomic mass is 32.1. The van der Waals surface area contributed by atoms with Crippen molar-refractivity contribution in [3.05, 3.63) is 65.0 Å². The van der Waals surface area contributed by atoms with Crippen LogP contribution in [0.4, 0.5) is 5.69 Å². The molecular formula is C18H16N2S. The van der Waals surface area contributed by atoms with Gasteiger partial charge in [0.25, 0.3) is 0 Å². The number of nitrogens with zero attached hydrogens (tertiary/aromatic N) is 2. The molecule has 0 radical (unpaired) electrons. The summed E-state index contributed by atoms with van der Waals surface area (Å²) in [6, 6.07) is 19.1. The molecule has 0 N–H and O–H groups in total. The summed E-state index contributed by atoms with van der Waals surface area (Å²) in [5.41, 5.74) is 3.64. The molecule has 3 heteroatoms. The van der Waals surface area contributed by atoms with E-state index in [-0.39, 0.29) is 6.17 Å². The van der Waals surface area contributed by atoms with Gasteiger partial charge in [0.1, 0.15) is 6.17 Å². The Morgan fingerprint density at radius 2 is 1.71 bits per heavy atom. The lowest BCUT2D eigenvalue weighted by Gasteiger charge is -2.30. The summed E-state index contributed by atoms with van der Waals surface area (Å²) < 4.78 is 1.33. The molecule has 2 heterocycles. The van der Waals surface area contributed by atoms with E-state index in [1.54, 1.807) is 0 Å². The monoisotopic (exact) mass is 292 g/mol. The van der Waals surface area contributed by atoms with Crippen LogP contribution >= 0.6 is 11.3 Å². The number of rotatable bonds is 1. The van der Waals surface area contributed by atoms with Crippen LogP contribution in [0.5, 0.6) is 0 Å². The first-order valence-electron chi connectivity index (χ1n) is 7.13. The molecular weight excluding hydrogens is 276 g/mol. The fourth-order valence-corrected chi connectivity index (χ4v) is 4.12. The lowest BCUT2D eigenvalue weighted by molar-refractivity contribution is 0.718. The van der Waals surface area contributed by atoms with Crippen LogP contribution in [0.1, 0.15) is 17.4 Å². The van der Waals surface area contributed by atoms with Gasteiger partial charge in [-0.25, -0.2) is 0 Å². The van der Waals surface area contributed by atoms with Crippen molar-refractivity contribution in [2.75, 3.05) is 11.9 Å². The Hall–Kier alpha value is -2.13. The highest BCUT2D eigenvalue weighted by molar-refractivity contribution is 7.22. The Morgan fingerprint density at radius 3 is 2.52 bits per heavy atom. The third-order valence-corrected chi connectivity index (χ3v) is 5.23. The van der Waals surface area contributed by atoms with Crippen molar-refractivity contribution in [1.82, 2.24) is 0 Å². The Kier molecular flexibility index (Phi) is 2.82. The average Bonchev–Trinajstić information content (AvgIpc) is 2.91. The molecule has 0 fully saturated rings. The van der Waals surface area contributed by atoms with Crippen LogP contribution in [-0.4, -0.2) is 18.9 Å². The van der Waals surface area contributed by atoms with Crippen LogP contribution in [0.15, 0.2) is 59.6 Å². The van der Waals surface area contributed by atoms with Gasteiger partial charge in [-0.2, -0.15) is 0 Å². The number of aliphatic imine (C=N–C) groups is 1. The lowest BCUT2D eigenvalue weighted by Crippen LogP contribution is -2.33. The molecule has 0 saturated heterocycles. The number of fused-ring (bicyclic) bond motifs is 3. The van der Waals surface area contributed by atoms with E-state index in [0.717, 1.165) is 5.71 Å². The second-order valence-corrected chi connectivity index (χ2v) is 6.41. The zero-order valence-electron chi connectivity index (χ0n) is 12.1. The van der Waals surface area contributed by atoms with Gasteiger partial charge in [0, 0.05) is 22.7 Å². The minimum Gasteiger partial charge on any atom is -0.351 e. The Morgan fingerprint density at radius 1 is 1.00 bits per heavy atom. The molecule has 1 unspecified atom stereocenters. The van der Waals surface area contributed by atoms with Gasteiger partial charge in [-0.15, -0.1) is 11.3 Å². The second kappa shape index (κ2) is 4.71. The molecule has 104 valence electrons. The van der Waals surface area contributed by atoms with Gasteiger partial charge in [0.05, 0.1) is 16.3 Å². The van der Waals surface area contributed by atoms with Gasteiger partial charge in [-0.3, -0.25) is 4.99 Å². The molecule has 0 bridgehead atoms. The van der Waals surface area contributed by atoms with E-state index >= 15 is 0 Å².